The Morgan fingerprint density at radius 3 is 2.61 bits per heavy atom. The molecule has 0 bridgehead atoms. The van der Waals surface area contributed by atoms with Crippen LogP contribution >= 0.6 is 0 Å². The van der Waals surface area contributed by atoms with Gasteiger partial charge in [0.15, 0.2) is 0 Å². The first-order chi connectivity index (χ1) is 8.21. The van der Waals surface area contributed by atoms with Crippen LogP contribution in [0.1, 0.15) is 34.1 Å². The molecule has 0 saturated carbocycles. The maximum Gasteiger partial charge on any atom is 0.315 e. The van der Waals surface area contributed by atoms with Crippen molar-refractivity contribution in [2.24, 2.45) is 5.41 Å². The molecule has 3 N–H and O–H groups in total. The number of hydrogen-bond acceptors (Lipinski definition) is 3. The molecule has 2 unspecified atom stereocenters. The van der Waals surface area contributed by atoms with Crippen LogP contribution in [-0.2, 0) is 9.53 Å². The standard InChI is InChI=1S/C12H22N2O4/c1-5-11(2,3)14-10(17)13-8-6-18-7-12(8,4)9(15)16/h8H,5-7H2,1-4H3,(H,15,16)(H2,13,14,17). The molecule has 1 saturated heterocycles. The minimum atomic E-state index is -1.06. The summed E-state index contributed by atoms with van der Waals surface area (Å²) >= 11 is 0. The number of hydrogen-bond donors (Lipinski definition) is 3. The molecule has 0 spiro atoms. The van der Waals surface area contributed by atoms with Crippen LogP contribution in [0.2, 0.25) is 0 Å². The molecule has 2 amide bonds. The fourth-order valence-corrected chi connectivity index (χ4v) is 1.68. The molecule has 6 heteroatoms. The predicted octanol–water partition coefficient (Wildman–Crippen LogP) is 0.964. The maximum atomic E-state index is 11.8. The van der Waals surface area contributed by atoms with Crippen molar-refractivity contribution in [3.8, 4) is 0 Å². The van der Waals surface area contributed by atoms with Gasteiger partial charge >= 0.3 is 12.0 Å². The van der Waals surface area contributed by atoms with Gasteiger partial charge in [0.05, 0.1) is 19.3 Å². The molecule has 1 aliphatic rings. The van der Waals surface area contributed by atoms with Gasteiger partial charge in [-0.3, -0.25) is 4.79 Å². The number of rotatable bonds is 4. The second kappa shape index (κ2) is 5.14. The van der Waals surface area contributed by atoms with Crippen LogP contribution in [0.5, 0.6) is 0 Å². The van der Waals surface area contributed by atoms with Crippen molar-refractivity contribution < 1.29 is 19.4 Å². The molecule has 2 atom stereocenters. The SMILES string of the molecule is CCC(C)(C)NC(=O)NC1COCC1(C)C(=O)O. The molecular formula is C12H22N2O4. The summed E-state index contributed by atoms with van der Waals surface area (Å²) in [7, 11) is 0. The van der Waals surface area contributed by atoms with Gasteiger partial charge in [0.25, 0.3) is 0 Å². The van der Waals surface area contributed by atoms with Crippen molar-refractivity contribution in [3.05, 3.63) is 0 Å². The van der Waals surface area contributed by atoms with Gasteiger partial charge in [0, 0.05) is 5.54 Å². The number of carboxylic acids is 1. The topological polar surface area (TPSA) is 87.7 Å². The lowest BCUT2D eigenvalue weighted by molar-refractivity contribution is -0.148. The third-order valence-electron chi connectivity index (χ3n) is 3.59. The van der Waals surface area contributed by atoms with Crippen LogP contribution < -0.4 is 10.6 Å². The van der Waals surface area contributed by atoms with E-state index in [1.54, 1.807) is 6.92 Å². The Labute approximate surface area is 107 Å². The van der Waals surface area contributed by atoms with Crippen LogP contribution in [-0.4, -0.2) is 41.9 Å². The van der Waals surface area contributed by atoms with E-state index in [4.69, 9.17) is 4.74 Å². The van der Waals surface area contributed by atoms with Gasteiger partial charge in [-0.25, -0.2) is 4.79 Å². The summed E-state index contributed by atoms with van der Waals surface area (Å²) in [5.74, 6) is -0.958. The molecule has 0 aromatic heterocycles. The second-order valence-electron chi connectivity index (χ2n) is 5.63. The molecule has 0 aliphatic carbocycles. The first-order valence-electron chi connectivity index (χ1n) is 6.11. The number of amides is 2. The Hall–Kier alpha value is -1.30. The normalized spacial score (nSPS) is 27.9. The Kier molecular flexibility index (Phi) is 4.21. The van der Waals surface area contributed by atoms with Crippen molar-refractivity contribution in [1.29, 1.82) is 0 Å². The lowest BCUT2D eigenvalue weighted by Gasteiger charge is -2.29. The minimum absolute atomic E-state index is 0.116. The summed E-state index contributed by atoms with van der Waals surface area (Å²) in [5, 5.41) is 14.7. The van der Waals surface area contributed by atoms with E-state index in [2.05, 4.69) is 10.6 Å². The molecule has 104 valence electrons. The molecule has 0 aromatic rings. The molecule has 1 fully saturated rings. The molecule has 1 heterocycles. The van der Waals surface area contributed by atoms with E-state index < -0.39 is 17.4 Å². The van der Waals surface area contributed by atoms with Gasteiger partial charge in [-0.05, 0) is 27.2 Å². The highest BCUT2D eigenvalue weighted by molar-refractivity contribution is 5.79. The fourth-order valence-electron chi connectivity index (χ4n) is 1.68. The summed E-state index contributed by atoms with van der Waals surface area (Å²) in [4.78, 5) is 23.0. The van der Waals surface area contributed by atoms with Crippen LogP contribution in [0, 0.1) is 5.41 Å². The maximum absolute atomic E-state index is 11.8. The fraction of sp³-hybridized carbons (Fsp3) is 0.833. The van der Waals surface area contributed by atoms with E-state index in [-0.39, 0.29) is 24.8 Å². The first-order valence-corrected chi connectivity index (χ1v) is 6.11. The van der Waals surface area contributed by atoms with Gasteiger partial charge in [-0.15, -0.1) is 0 Å². The highest BCUT2D eigenvalue weighted by Gasteiger charge is 2.47. The average Bonchev–Trinajstić information content (AvgIpc) is 2.61. The van der Waals surface area contributed by atoms with Crippen molar-refractivity contribution in [2.45, 2.75) is 45.7 Å². The summed E-state index contributed by atoms with van der Waals surface area (Å²) in [6, 6.07) is -0.868. The number of aliphatic carboxylic acids is 1. The van der Waals surface area contributed by atoms with Gasteiger partial charge in [-0.1, -0.05) is 6.92 Å². The molecule has 0 radical (unpaired) electrons. The Morgan fingerprint density at radius 1 is 1.50 bits per heavy atom. The van der Waals surface area contributed by atoms with E-state index in [1.165, 1.54) is 0 Å². The van der Waals surface area contributed by atoms with E-state index in [9.17, 15) is 14.7 Å². The average molecular weight is 258 g/mol. The number of ether oxygens (including phenoxy) is 1. The van der Waals surface area contributed by atoms with Crippen LogP contribution in [0.3, 0.4) is 0 Å². The zero-order chi connectivity index (χ0) is 14.0. The first kappa shape index (κ1) is 14.8. The highest BCUT2D eigenvalue weighted by Crippen LogP contribution is 2.28. The van der Waals surface area contributed by atoms with E-state index in [1.807, 2.05) is 20.8 Å². The molecule has 0 aromatic carbocycles. The van der Waals surface area contributed by atoms with Crippen molar-refractivity contribution >= 4 is 12.0 Å². The predicted molar refractivity (Wildman–Crippen MR) is 66.4 cm³/mol. The third kappa shape index (κ3) is 3.13. The van der Waals surface area contributed by atoms with Crippen LogP contribution in [0.4, 0.5) is 4.79 Å². The van der Waals surface area contributed by atoms with Crippen LogP contribution in [0.25, 0.3) is 0 Å². The van der Waals surface area contributed by atoms with E-state index >= 15 is 0 Å². The number of carboxylic acid groups (broad SMARTS) is 1. The Balaban J connectivity index is 2.62. The second-order valence-corrected chi connectivity index (χ2v) is 5.63. The number of carbonyl (C=O) groups is 2. The summed E-state index contributed by atoms with van der Waals surface area (Å²) in [6.07, 6.45) is 0.789. The summed E-state index contributed by atoms with van der Waals surface area (Å²) in [6.45, 7) is 7.72. The van der Waals surface area contributed by atoms with Crippen molar-refractivity contribution in [2.75, 3.05) is 13.2 Å². The monoisotopic (exact) mass is 258 g/mol. The van der Waals surface area contributed by atoms with Crippen molar-refractivity contribution in [1.82, 2.24) is 10.6 Å². The number of nitrogens with one attached hydrogen (secondary N) is 2. The zero-order valence-corrected chi connectivity index (χ0v) is 11.4. The smallest absolute Gasteiger partial charge is 0.315 e. The summed E-state index contributed by atoms with van der Waals surface area (Å²) < 4.78 is 5.17. The summed E-state index contributed by atoms with van der Waals surface area (Å²) in [5.41, 5.74) is -1.38. The zero-order valence-electron chi connectivity index (χ0n) is 11.4. The van der Waals surface area contributed by atoms with Gasteiger partial charge < -0.3 is 20.5 Å². The van der Waals surface area contributed by atoms with Gasteiger partial charge in [0.1, 0.15) is 5.41 Å². The molecule has 6 nitrogen and oxygen atoms in total. The molecule has 18 heavy (non-hydrogen) atoms. The molecular weight excluding hydrogens is 236 g/mol. The quantitative estimate of drug-likeness (QED) is 0.701. The van der Waals surface area contributed by atoms with Gasteiger partial charge in [0.2, 0.25) is 0 Å². The minimum Gasteiger partial charge on any atom is -0.481 e. The Morgan fingerprint density at radius 2 is 2.11 bits per heavy atom. The van der Waals surface area contributed by atoms with E-state index in [0.717, 1.165) is 6.42 Å². The highest BCUT2D eigenvalue weighted by atomic mass is 16.5. The molecule has 1 aliphatic heterocycles. The van der Waals surface area contributed by atoms with Crippen LogP contribution in [0.15, 0.2) is 0 Å². The third-order valence-corrected chi connectivity index (χ3v) is 3.59. The lowest BCUT2D eigenvalue weighted by Crippen LogP contribution is -2.56. The number of carbonyl (C=O) groups excluding carboxylic acids is 1. The lowest BCUT2D eigenvalue weighted by atomic mass is 9.85. The largest absolute Gasteiger partial charge is 0.481 e. The Bertz CT molecular complexity index is 343. The van der Waals surface area contributed by atoms with Gasteiger partial charge in [-0.2, -0.15) is 0 Å². The number of urea groups is 1. The van der Waals surface area contributed by atoms with Crippen molar-refractivity contribution in [3.63, 3.8) is 0 Å². The molecule has 1 rings (SSSR count). The van der Waals surface area contributed by atoms with E-state index in [0.29, 0.717) is 0 Å².